The number of rotatable bonds is 10. The van der Waals surface area contributed by atoms with Gasteiger partial charge in [0.1, 0.15) is 11.6 Å². The first-order valence-corrected chi connectivity index (χ1v) is 14.0. The number of amides is 3. The summed E-state index contributed by atoms with van der Waals surface area (Å²) in [5.41, 5.74) is 1.73. The molecule has 0 aromatic heterocycles. The van der Waals surface area contributed by atoms with E-state index in [0.717, 1.165) is 28.8 Å². The van der Waals surface area contributed by atoms with Gasteiger partial charge in [0.2, 0.25) is 17.7 Å². The molecule has 0 radical (unpaired) electrons. The second-order valence-electron chi connectivity index (χ2n) is 11.5. The fraction of sp³-hybridized carbons (Fsp3) is 0.516. The zero-order chi connectivity index (χ0) is 27.8. The van der Waals surface area contributed by atoms with Crippen molar-refractivity contribution in [1.82, 2.24) is 10.2 Å². The smallest absolute Gasteiger partial charge is 0.250 e. The van der Waals surface area contributed by atoms with Crippen LogP contribution in [0.3, 0.4) is 0 Å². The molecule has 0 saturated carbocycles. The van der Waals surface area contributed by atoms with Crippen LogP contribution in [0.4, 0.5) is 5.69 Å². The van der Waals surface area contributed by atoms with Crippen LogP contribution in [0.1, 0.15) is 55.7 Å². The summed E-state index contributed by atoms with van der Waals surface area (Å²) in [6, 6.07) is 14.7. The summed E-state index contributed by atoms with van der Waals surface area (Å²) in [4.78, 5) is 43.5. The van der Waals surface area contributed by atoms with Gasteiger partial charge in [-0.2, -0.15) is 0 Å². The van der Waals surface area contributed by atoms with Gasteiger partial charge in [-0.3, -0.25) is 14.4 Å². The minimum Gasteiger partial charge on any atom is -0.396 e. The molecule has 3 saturated heterocycles. The van der Waals surface area contributed by atoms with E-state index in [9.17, 15) is 19.5 Å². The molecule has 2 aromatic carbocycles. The number of benzene rings is 2. The van der Waals surface area contributed by atoms with Crippen molar-refractivity contribution in [3.8, 4) is 0 Å². The van der Waals surface area contributed by atoms with Crippen LogP contribution in [-0.4, -0.2) is 58.1 Å². The van der Waals surface area contributed by atoms with Gasteiger partial charge in [0.05, 0.1) is 17.4 Å². The lowest BCUT2D eigenvalue weighted by atomic mass is 9.66. The van der Waals surface area contributed by atoms with Gasteiger partial charge in [-0.25, -0.2) is 0 Å². The number of ether oxygens (including phenoxy) is 1. The highest BCUT2D eigenvalue weighted by atomic mass is 16.5. The second-order valence-corrected chi connectivity index (χ2v) is 11.5. The number of aliphatic hydroxyl groups is 1. The van der Waals surface area contributed by atoms with Gasteiger partial charge >= 0.3 is 0 Å². The summed E-state index contributed by atoms with van der Waals surface area (Å²) in [6.45, 7) is 6.63. The number of hydrogen-bond donors (Lipinski definition) is 3. The molecule has 1 spiro atoms. The number of nitrogens with zero attached hydrogens (tertiary/aromatic N) is 1. The molecule has 5 rings (SSSR count). The predicted molar refractivity (Wildman–Crippen MR) is 148 cm³/mol. The van der Waals surface area contributed by atoms with Crippen LogP contribution in [0.15, 0.2) is 48.5 Å². The maximum atomic E-state index is 14.1. The molecule has 3 heterocycles. The Labute approximate surface area is 230 Å². The Kier molecular flexibility index (Phi) is 7.53. The average molecular weight is 534 g/mol. The molecular formula is C31H39N3O5. The van der Waals surface area contributed by atoms with Gasteiger partial charge in [-0.15, -0.1) is 0 Å². The Morgan fingerprint density at radius 3 is 2.41 bits per heavy atom. The van der Waals surface area contributed by atoms with Crippen LogP contribution >= 0.6 is 0 Å². The van der Waals surface area contributed by atoms with Crippen molar-refractivity contribution in [2.45, 2.75) is 76.7 Å². The summed E-state index contributed by atoms with van der Waals surface area (Å²) in [6.07, 6.45) is 3.17. The molecule has 2 aromatic rings. The number of para-hydroxylation sites is 1. The highest BCUT2D eigenvalue weighted by Gasteiger charge is 2.77. The highest BCUT2D eigenvalue weighted by Crippen LogP contribution is 2.63. The Morgan fingerprint density at radius 1 is 1.00 bits per heavy atom. The number of hydrogen-bond acceptors (Lipinski definition) is 5. The maximum absolute atomic E-state index is 14.1. The third kappa shape index (κ3) is 4.74. The predicted octanol–water partition coefficient (Wildman–Crippen LogP) is 3.49. The number of nitrogens with one attached hydrogen (secondary N) is 2. The van der Waals surface area contributed by atoms with Crippen LogP contribution in [0.5, 0.6) is 0 Å². The van der Waals surface area contributed by atoms with Crippen LogP contribution < -0.4 is 10.6 Å². The van der Waals surface area contributed by atoms with Crippen molar-refractivity contribution >= 4 is 23.4 Å². The van der Waals surface area contributed by atoms with Gasteiger partial charge in [0, 0.05) is 25.4 Å². The van der Waals surface area contributed by atoms with Crippen molar-refractivity contribution in [3.63, 3.8) is 0 Å². The van der Waals surface area contributed by atoms with E-state index in [1.54, 1.807) is 4.90 Å². The van der Waals surface area contributed by atoms with Gasteiger partial charge < -0.3 is 25.4 Å². The summed E-state index contributed by atoms with van der Waals surface area (Å²) in [5.74, 6) is -2.08. The van der Waals surface area contributed by atoms with E-state index in [-0.39, 0.29) is 24.3 Å². The van der Waals surface area contributed by atoms with E-state index in [1.165, 1.54) is 0 Å². The number of carbonyl (C=O) groups is 3. The van der Waals surface area contributed by atoms with E-state index < -0.39 is 29.1 Å². The number of fused-ring (bicyclic) bond motifs is 1. The Hall–Kier alpha value is -3.23. The minimum absolute atomic E-state index is 0.0854. The van der Waals surface area contributed by atoms with Crippen LogP contribution in [0.25, 0.3) is 0 Å². The van der Waals surface area contributed by atoms with Crippen molar-refractivity contribution in [3.05, 3.63) is 65.2 Å². The lowest BCUT2D eigenvalue weighted by molar-refractivity contribution is -0.144. The first kappa shape index (κ1) is 27.3. The van der Waals surface area contributed by atoms with Crippen LogP contribution in [0, 0.1) is 25.7 Å². The third-order valence-corrected chi connectivity index (χ3v) is 8.90. The number of anilines is 1. The second kappa shape index (κ2) is 10.7. The minimum atomic E-state index is -1.06. The van der Waals surface area contributed by atoms with Gasteiger partial charge in [0.15, 0.2) is 0 Å². The molecule has 3 fully saturated rings. The molecule has 8 nitrogen and oxygen atoms in total. The lowest BCUT2D eigenvalue weighted by Gasteiger charge is -2.33. The standard InChI is InChI=1S/C31H39N3O5/c1-20-11-10-12-21(2)25(20)33-28(37)26-31-16-15-30(3,39-31)23(27(36)32-19-22-13-6-4-7-14-22)24(31)29(38)34(26)17-8-5-9-18-35/h4,6-7,10-14,23-24,26,35H,5,8-9,15-19H2,1-3H3,(H,32,36)(H,33,37)/t23-,24+,26?,30+,31?/m1/s1. The van der Waals surface area contributed by atoms with Gasteiger partial charge in [0.25, 0.3) is 0 Å². The molecule has 3 N–H and O–H groups in total. The van der Waals surface area contributed by atoms with E-state index in [0.29, 0.717) is 38.8 Å². The average Bonchev–Trinajstić information content (AvgIpc) is 3.48. The summed E-state index contributed by atoms with van der Waals surface area (Å²) < 4.78 is 6.69. The number of aryl methyl sites for hydroxylation is 2. The molecule has 208 valence electrons. The van der Waals surface area contributed by atoms with Gasteiger partial charge in [-0.1, -0.05) is 48.5 Å². The highest BCUT2D eigenvalue weighted by molar-refractivity contribution is 6.04. The number of carbonyl (C=O) groups excluding carboxylic acids is 3. The fourth-order valence-electron chi connectivity index (χ4n) is 7.04. The third-order valence-electron chi connectivity index (χ3n) is 8.90. The van der Waals surface area contributed by atoms with Crippen LogP contribution in [-0.2, 0) is 25.7 Å². The molecular weight excluding hydrogens is 494 g/mol. The molecule has 3 aliphatic rings. The molecule has 2 unspecified atom stereocenters. The first-order chi connectivity index (χ1) is 18.7. The summed E-state index contributed by atoms with van der Waals surface area (Å²) in [5, 5.41) is 15.4. The Bertz CT molecular complexity index is 1230. The number of aliphatic hydroxyl groups excluding tert-OH is 1. The summed E-state index contributed by atoms with van der Waals surface area (Å²) in [7, 11) is 0. The Balaban J connectivity index is 1.45. The SMILES string of the molecule is Cc1cccc(C)c1NC(=O)C1N(CCCCCO)C(=O)[C@@H]2[C@H](C(=O)NCc3ccccc3)[C@]3(C)CCC12O3. The fourth-order valence-corrected chi connectivity index (χ4v) is 7.04. The van der Waals surface area contributed by atoms with Crippen molar-refractivity contribution in [1.29, 1.82) is 0 Å². The molecule has 39 heavy (non-hydrogen) atoms. The molecule has 5 atom stereocenters. The van der Waals surface area contributed by atoms with E-state index in [2.05, 4.69) is 10.6 Å². The van der Waals surface area contributed by atoms with Gasteiger partial charge in [-0.05, 0) is 69.6 Å². The zero-order valence-electron chi connectivity index (χ0n) is 23.0. The summed E-state index contributed by atoms with van der Waals surface area (Å²) >= 11 is 0. The van der Waals surface area contributed by atoms with Crippen molar-refractivity contribution in [2.24, 2.45) is 11.8 Å². The van der Waals surface area contributed by atoms with E-state index in [1.807, 2.05) is 69.3 Å². The van der Waals surface area contributed by atoms with Crippen LogP contribution in [0.2, 0.25) is 0 Å². The molecule has 3 amide bonds. The lowest BCUT2D eigenvalue weighted by Crippen LogP contribution is -2.53. The molecule has 2 bridgehead atoms. The topological polar surface area (TPSA) is 108 Å². The van der Waals surface area contributed by atoms with E-state index >= 15 is 0 Å². The normalized spacial score (nSPS) is 29.0. The largest absolute Gasteiger partial charge is 0.396 e. The van der Waals surface area contributed by atoms with E-state index in [4.69, 9.17) is 4.74 Å². The Morgan fingerprint density at radius 2 is 1.72 bits per heavy atom. The zero-order valence-corrected chi connectivity index (χ0v) is 23.0. The van der Waals surface area contributed by atoms with Crippen molar-refractivity contribution in [2.75, 3.05) is 18.5 Å². The quantitative estimate of drug-likeness (QED) is 0.405. The maximum Gasteiger partial charge on any atom is 0.250 e. The number of likely N-dealkylation sites (tertiary alicyclic amines) is 1. The molecule has 0 aliphatic carbocycles. The number of unbranched alkanes of at least 4 members (excludes halogenated alkanes) is 2. The molecule has 3 aliphatic heterocycles. The van der Waals surface area contributed by atoms with Crippen molar-refractivity contribution < 1.29 is 24.2 Å². The molecule has 8 heteroatoms. The monoisotopic (exact) mass is 533 g/mol. The first-order valence-electron chi connectivity index (χ1n) is 14.0.